The smallest absolute Gasteiger partial charge is 0.328 e. The first-order valence-electron chi connectivity index (χ1n) is 4.76. The maximum atomic E-state index is 11.1. The summed E-state index contributed by atoms with van der Waals surface area (Å²) in [6.07, 6.45) is -0.819. The number of carboxylic acid groups (broad SMARTS) is 2. The number of hydrogen-bond donors (Lipinski definition) is 3. The molecule has 0 saturated carbocycles. The third-order valence-corrected chi connectivity index (χ3v) is 2.40. The number of carboxylic acids is 2. The predicted molar refractivity (Wildman–Crippen MR) is 58.9 cm³/mol. The summed E-state index contributed by atoms with van der Waals surface area (Å²) >= 11 is 0. The molecule has 0 heterocycles. The number of nitrogens with two attached hydrogens (primary N) is 1. The summed E-state index contributed by atoms with van der Waals surface area (Å²) < 4.78 is 0. The number of hydrogen-bond acceptors (Lipinski definition) is 5. The van der Waals surface area contributed by atoms with Gasteiger partial charge in [0.05, 0.1) is 11.3 Å². The Balaban J connectivity index is 3.18. The van der Waals surface area contributed by atoms with Crippen LogP contribution in [0.1, 0.15) is 12.0 Å². The van der Waals surface area contributed by atoms with Gasteiger partial charge in [0.2, 0.25) is 0 Å². The van der Waals surface area contributed by atoms with E-state index in [1.807, 2.05) is 0 Å². The molecule has 1 aromatic carbocycles. The van der Waals surface area contributed by atoms with Crippen LogP contribution in [0.5, 0.6) is 0 Å². The lowest BCUT2D eigenvalue weighted by molar-refractivity contribution is -0.384. The molecule has 0 amide bonds. The Morgan fingerprint density at radius 3 is 2.11 bits per heavy atom. The molecule has 0 bridgehead atoms. The first kappa shape index (κ1) is 13.6. The Hall–Kier alpha value is -2.48. The second-order valence-corrected chi connectivity index (χ2v) is 3.65. The number of non-ortho nitro benzene ring substituents is 1. The fourth-order valence-electron chi connectivity index (χ4n) is 1.42. The molecular formula is C10H10N2O6. The summed E-state index contributed by atoms with van der Waals surface area (Å²) in [6, 6.07) is 4.41. The highest BCUT2D eigenvalue weighted by Crippen LogP contribution is 2.25. The Labute approximate surface area is 101 Å². The second kappa shape index (κ2) is 4.80. The van der Waals surface area contributed by atoms with Crippen molar-refractivity contribution in [2.45, 2.75) is 12.0 Å². The highest BCUT2D eigenvalue weighted by molar-refractivity contribution is 5.86. The molecular weight excluding hydrogens is 244 g/mol. The van der Waals surface area contributed by atoms with Crippen LogP contribution in [0, 0.1) is 10.1 Å². The number of aliphatic carboxylic acids is 2. The third kappa shape index (κ3) is 2.61. The van der Waals surface area contributed by atoms with Gasteiger partial charge in [0.25, 0.3) is 5.69 Å². The average Bonchev–Trinajstić information content (AvgIpc) is 2.27. The molecule has 0 aliphatic rings. The Morgan fingerprint density at radius 2 is 1.78 bits per heavy atom. The standard InChI is InChI=1S/C10H10N2O6/c11-10(9(15)16,5-8(13)14)6-1-3-7(4-2-6)12(17)18/h1-4H,5,11H2,(H,13,14)(H,15,16)/t10-/m1/s1. The van der Waals surface area contributed by atoms with Crippen LogP contribution in [0.3, 0.4) is 0 Å². The minimum atomic E-state index is -2.11. The molecule has 1 rings (SSSR count). The summed E-state index contributed by atoms with van der Waals surface area (Å²) in [6.45, 7) is 0. The van der Waals surface area contributed by atoms with Gasteiger partial charge in [0.1, 0.15) is 0 Å². The summed E-state index contributed by atoms with van der Waals surface area (Å²) in [5.74, 6) is -2.89. The van der Waals surface area contributed by atoms with Crippen molar-refractivity contribution in [1.29, 1.82) is 0 Å². The van der Waals surface area contributed by atoms with Crippen molar-refractivity contribution in [2.24, 2.45) is 5.73 Å². The summed E-state index contributed by atoms with van der Waals surface area (Å²) in [4.78, 5) is 31.5. The van der Waals surface area contributed by atoms with Crippen molar-refractivity contribution in [3.63, 3.8) is 0 Å². The van der Waals surface area contributed by atoms with Gasteiger partial charge < -0.3 is 15.9 Å². The number of rotatable bonds is 5. The van der Waals surface area contributed by atoms with Gasteiger partial charge in [0, 0.05) is 12.1 Å². The zero-order chi connectivity index (χ0) is 13.9. The van der Waals surface area contributed by atoms with Gasteiger partial charge in [-0.15, -0.1) is 0 Å². The molecule has 0 aromatic heterocycles. The van der Waals surface area contributed by atoms with Crippen LogP contribution in [0.25, 0.3) is 0 Å². The number of nitro groups is 1. The zero-order valence-corrected chi connectivity index (χ0v) is 9.07. The van der Waals surface area contributed by atoms with Crippen molar-refractivity contribution in [1.82, 2.24) is 0 Å². The molecule has 4 N–H and O–H groups in total. The maximum absolute atomic E-state index is 11.1. The first-order valence-corrected chi connectivity index (χ1v) is 4.76. The van der Waals surface area contributed by atoms with E-state index in [2.05, 4.69) is 0 Å². The zero-order valence-electron chi connectivity index (χ0n) is 9.07. The van der Waals surface area contributed by atoms with Crippen molar-refractivity contribution in [3.05, 3.63) is 39.9 Å². The van der Waals surface area contributed by atoms with Gasteiger partial charge >= 0.3 is 11.9 Å². The number of carbonyl (C=O) groups is 2. The molecule has 0 aliphatic heterocycles. The minimum absolute atomic E-state index is 0.0111. The van der Waals surface area contributed by atoms with E-state index in [1.165, 1.54) is 0 Å². The lowest BCUT2D eigenvalue weighted by Gasteiger charge is -2.22. The summed E-state index contributed by atoms with van der Waals surface area (Å²) in [5.41, 5.74) is 3.18. The number of nitrogens with zero attached hydrogens (tertiary/aromatic N) is 1. The molecule has 8 heteroatoms. The molecule has 8 nitrogen and oxygen atoms in total. The van der Waals surface area contributed by atoms with E-state index in [-0.39, 0.29) is 11.3 Å². The van der Waals surface area contributed by atoms with E-state index in [4.69, 9.17) is 15.9 Å². The molecule has 0 spiro atoms. The molecule has 0 fully saturated rings. The van der Waals surface area contributed by atoms with E-state index in [0.717, 1.165) is 24.3 Å². The quantitative estimate of drug-likeness (QED) is 0.506. The number of nitro benzene ring substituents is 1. The average molecular weight is 254 g/mol. The normalized spacial score (nSPS) is 13.6. The van der Waals surface area contributed by atoms with Crippen LogP contribution in [-0.2, 0) is 15.1 Å². The molecule has 18 heavy (non-hydrogen) atoms. The van der Waals surface area contributed by atoms with Gasteiger partial charge in [-0.3, -0.25) is 14.9 Å². The molecule has 96 valence electrons. The Bertz CT molecular complexity index is 498. The predicted octanol–water partition coefficient (Wildman–Crippen LogP) is 0.308. The van der Waals surface area contributed by atoms with E-state index in [0.29, 0.717) is 0 Å². The topological polar surface area (TPSA) is 144 Å². The van der Waals surface area contributed by atoms with Crippen LogP contribution in [0.4, 0.5) is 5.69 Å². The van der Waals surface area contributed by atoms with E-state index >= 15 is 0 Å². The highest BCUT2D eigenvalue weighted by atomic mass is 16.6. The molecule has 1 aromatic rings. The molecule has 0 radical (unpaired) electrons. The maximum Gasteiger partial charge on any atom is 0.328 e. The van der Waals surface area contributed by atoms with Crippen LogP contribution < -0.4 is 5.73 Å². The van der Waals surface area contributed by atoms with Crippen molar-refractivity contribution >= 4 is 17.6 Å². The molecule has 1 atom stereocenters. The van der Waals surface area contributed by atoms with Crippen LogP contribution in [-0.4, -0.2) is 27.1 Å². The Morgan fingerprint density at radius 1 is 1.28 bits per heavy atom. The van der Waals surface area contributed by atoms with E-state index in [1.54, 1.807) is 0 Å². The van der Waals surface area contributed by atoms with Crippen LogP contribution in [0.2, 0.25) is 0 Å². The van der Waals surface area contributed by atoms with Crippen molar-refractivity contribution < 1.29 is 24.7 Å². The Kier molecular flexibility index (Phi) is 3.62. The van der Waals surface area contributed by atoms with E-state index in [9.17, 15) is 19.7 Å². The van der Waals surface area contributed by atoms with Crippen molar-refractivity contribution in [3.8, 4) is 0 Å². The monoisotopic (exact) mass is 254 g/mol. The highest BCUT2D eigenvalue weighted by Gasteiger charge is 2.38. The van der Waals surface area contributed by atoms with Gasteiger partial charge in [-0.05, 0) is 17.7 Å². The molecule has 0 saturated heterocycles. The molecule has 0 aliphatic carbocycles. The number of benzene rings is 1. The lowest BCUT2D eigenvalue weighted by Crippen LogP contribution is -2.46. The van der Waals surface area contributed by atoms with E-state index < -0.39 is 28.8 Å². The second-order valence-electron chi connectivity index (χ2n) is 3.65. The fraction of sp³-hybridized carbons (Fsp3) is 0.200. The third-order valence-electron chi connectivity index (χ3n) is 2.40. The summed E-state index contributed by atoms with van der Waals surface area (Å²) in [7, 11) is 0. The summed E-state index contributed by atoms with van der Waals surface area (Å²) in [5, 5.41) is 28.1. The van der Waals surface area contributed by atoms with Gasteiger partial charge in [-0.2, -0.15) is 0 Å². The van der Waals surface area contributed by atoms with Crippen LogP contribution >= 0.6 is 0 Å². The first-order chi connectivity index (χ1) is 8.27. The van der Waals surface area contributed by atoms with Gasteiger partial charge in [0.15, 0.2) is 5.54 Å². The fourth-order valence-corrected chi connectivity index (χ4v) is 1.42. The molecule has 0 unspecified atom stereocenters. The van der Waals surface area contributed by atoms with Gasteiger partial charge in [-0.1, -0.05) is 0 Å². The van der Waals surface area contributed by atoms with Gasteiger partial charge in [-0.25, -0.2) is 4.79 Å². The SMILES string of the molecule is N[C@@](CC(=O)O)(C(=O)O)c1ccc([N+](=O)[O-])cc1. The van der Waals surface area contributed by atoms with Crippen molar-refractivity contribution in [2.75, 3.05) is 0 Å². The largest absolute Gasteiger partial charge is 0.481 e. The lowest BCUT2D eigenvalue weighted by atomic mass is 9.87. The van der Waals surface area contributed by atoms with Crippen LogP contribution in [0.15, 0.2) is 24.3 Å². The minimum Gasteiger partial charge on any atom is -0.481 e.